The predicted molar refractivity (Wildman–Crippen MR) is 221 cm³/mol. The number of hydrogen-bond donors (Lipinski definition) is 0. The molecule has 12 rings (SSSR count). The zero-order chi connectivity index (χ0) is 33.2. The lowest BCUT2D eigenvalue weighted by Gasteiger charge is -2.14. The smallest absolute Gasteiger partial charge is 0.0727 e. The van der Waals surface area contributed by atoms with E-state index < -0.39 is 0 Å². The number of rotatable bonds is 2. The van der Waals surface area contributed by atoms with Crippen LogP contribution in [0, 0.1) is 0 Å². The van der Waals surface area contributed by atoms with Crippen molar-refractivity contribution in [2.75, 3.05) is 0 Å². The zero-order valence-electron chi connectivity index (χ0n) is 27.5. The molecule has 3 heterocycles. The van der Waals surface area contributed by atoms with Gasteiger partial charge in [-0.15, -0.1) is 11.3 Å². The lowest BCUT2D eigenvalue weighted by molar-refractivity contribution is 1.18. The Balaban J connectivity index is 1.34. The topological polar surface area (TPSA) is 9.86 Å². The van der Waals surface area contributed by atoms with Crippen molar-refractivity contribution in [3.05, 3.63) is 170 Å². The van der Waals surface area contributed by atoms with Crippen LogP contribution < -0.4 is 0 Å². The molecule has 3 aromatic heterocycles. The summed E-state index contributed by atoms with van der Waals surface area (Å²) in [6.07, 6.45) is 0. The molecular formula is C48H28N2S. The van der Waals surface area contributed by atoms with Crippen molar-refractivity contribution in [2.24, 2.45) is 0 Å². The Morgan fingerprint density at radius 3 is 1.43 bits per heavy atom. The minimum absolute atomic E-state index is 1.18. The third kappa shape index (κ3) is 3.56. The zero-order valence-corrected chi connectivity index (χ0v) is 28.3. The van der Waals surface area contributed by atoms with Crippen LogP contribution >= 0.6 is 11.3 Å². The molecule has 0 spiro atoms. The number of hydrogen-bond acceptors (Lipinski definition) is 1. The van der Waals surface area contributed by atoms with Gasteiger partial charge in [-0.3, -0.25) is 0 Å². The molecule has 3 heteroatoms. The molecule has 0 unspecified atom stereocenters. The predicted octanol–water partition coefficient (Wildman–Crippen LogP) is 13.7. The maximum Gasteiger partial charge on any atom is 0.0727 e. The third-order valence-electron chi connectivity index (χ3n) is 11.0. The van der Waals surface area contributed by atoms with Gasteiger partial charge < -0.3 is 9.13 Å². The molecule has 0 aliphatic carbocycles. The molecule has 0 fully saturated rings. The quantitative estimate of drug-likeness (QED) is 0.163. The van der Waals surface area contributed by atoms with Crippen molar-refractivity contribution < 1.29 is 0 Å². The maximum atomic E-state index is 2.56. The Hall–Kier alpha value is -6.42. The molecule has 0 N–H and O–H groups in total. The molecule has 236 valence electrons. The van der Waals surface area contributed by atoms with E-state index in [-0.39, 0.29) is 0 Å². The van der Waals surface area contributed by atoms with Crippen molar-refractivity contribution in [1.82, 2.24) is 9.13 Å². The number of para-hydroxylation sites is 3. The highest BCUT2D eigenvalue weighted by atomic mass is 32.1. The van der Waals surface area contributed by atoms with E-state index in [1.807, 2.05) is 11.3 Å². The van der Waals surface area contributed by atoms with E-state index >= 15 is 0 Å². The van der Waals surface area contributed by atoms with Crippen molar-refractivity contribution in [2.45, 2.75) is 0 Å². The van der Waals surface area contributed by atoms with E-state index in [9.17, 15) is 0 Å². The Morgan fingerprint density at radius 1 is 0.314 bits per heavy atom. The molecule has 0 radical (unpaired) electrons. The standard InChI is InChI=1S/C48H28N2S/c1-2-14-29(15-3-1)49-40-23-11-8-20-36(40)43-44-37-21-9-12-24-41(37)50(47(44)48-45(46(43)49)38-22-10-13-25-42(38)51-48)30-26-27-35-33-18-5-4-16-31(33)32-17-6-7-19-34(32)39(35)28-30/h1-28H. The SMILES string of the molecule is c1ccc(-n2c3ccccc3c3c4c5ccccc5n(-c5ccc6c7ccccc7c7ccccc7c6c5)c4c4sc5ccccc5c4c32)cc1. The molecule has 0 aliphatic rings. The van der Waals surface area contributed by atoms with Gasteiger partial charge in [0, 0.05) is 48.4 Å². The molecule has 51 heavy (non-hydrogen) atoms. The first-order chi connectivity index (χ1) is 25.3. The summed E-state index contributed by atoms with van der Waals surface area (Å²) < 4.78 is 7.68. The van der Waals surface area contributed by atoms with Crippen LogP contribution in [0.3, 0.4) is 0 Å². The summed E-state index contributed by atoms with van der Waals surface area (Å²) in [5.41, 5.74) is 7.36. The van der Waals surface area contributed by atoms with Crippen LogP contribution in [0.25, 0.3) is 107 Å². The van der Waals surface area contributed by atoms with Gasteiger partial charge in [0.1, 0.15) is 0 Å². The second kappa shape index (κ2) is 10.1. The van der Waals surface area contributed by atoms with Crippen LogP contribution in [-0.4, -0.2) is 9.13 Å². The van der Waals surface area contributed by atoms with Gasteiger partial charge in [-0.25, -0.2) is 0 Å². The van der Waals surface area contributed by atoms with Gasteiger partial charge >= 0.3 is 0 Å². The Kier molecular flexibility index (Phi) is 5.41. The summed E-state index contributed by atoms with van der Waals surface area (Å²) in [5.74, 6) is 0. The van der Waals surface area contributed by atoms with Crippen LogP contribution in [0.1, 0.15) is 0 Å². The molecular weight excluding hydrogens is 637 g/mol. The van der Waals surface area contributed by atoms with Crippen molar-refractivity contribution in [3.63, 3.8) is 0 Å². The minimum atomic E-state index is 1.18. The first kappa shape index (κ1) is 27.4. The lowest BCUT2D eigenvalue weighted by Crippen LogP contribution is -1.96. The van der Waals surface area contributed by atoms with Gasteiger partial charge in [-0.05, 0) is 74.8 Å². The average molecular weight is 665 g/mol. The fourth-order valence-corrected chi connectivity index (χ4v) is 10.3. The average Bonchev–Trinajstić information content (AvgIpc) is 3.86. The molecule has 0 amide bonds. The van der Waals surface area contributed by atoms with Crippen LogP contribution in [0.4, 0.5) is 0 Å². The Labute approximate surface area is 296 Å². The van der Waals surface area contributed by atoms with Crippen LogP contribution in [-0.2, 0) is 0 Å². The fourth-order valence-electron chi connectivity index (χ4n) is 9.03. The second-order valence-electron chi connectivity index (χ2n) is 13.6. The van der Waals surface area contributed by atoms with E-state index in [4.69, 9.17) is 0 Å². The summed E-state index contributed by atoms with van der Waals surface area (Å²) >= 11 is 1.92. The molecule has 0 saturated heterocycles. The van der Waals surface area contributed by atoms with E-state index in [0.29, 0.717) is 0 Å². The molecule has 2 nitrogen and oxygen atoms in total. The van der Waals surface area contributed by atoms with Crippen LogP contribution in [0.15, 0.2) is 170 Å². The van der Waals surface area contributed by atoms with E-state index in [1.54, 1.807) is 0 Å². The van der Waals surface area contributed by atoms with Gasteiger partial charge in [-0.1, -0.05) is 127 Å². The first-order valence-corrected chi connectivity index (χ1v) is 18.4. The Morgan fingerprint density at radius 2 is 0.784 bits per heavy atom. The van der Waals surface area contributed by atoms with Crippen molar-refractivity contribution >= 4 is 107 Å². The molecule has 0 atom stereocenters. The highest BCUT2D eigenvalue weighted by Gasteiger charge is 2.26. The summed E-state index contributed by atoms with van der Waals surface area (Å²) in [6, 6.07) is 62.7. The highest BCUT2D eigenvalue weighted by molar-refractivity contribution is 7.27. The summed E-state index contributed by atoms with van der Waals surface area (Å²) in [5, 5.41) is 15.5. The molecule has 0 aliphatic heterocycles. The lowest BCUT2D eigenvalue weighted by atomic mass is 9.94. The van der Waals surface area contributed by atoms with E-state index in [2.05, 4.69) is 179 Å². The Bertz CT molecular complexity index is 3380. The fraction of sp³-hybridized carbons (Fsp3) is 0. The first-order valence-electron chi connectivity index (χ1n) is 17.5. The van der Waals surface area contributed by atoms with Gasteiger partial charge in [0.15, 0.2) is 0 Å². The second-order valence-corrected chi connectivity index (χ2v) is 14.7. The summed E-state index contributed by atoms with van der Waals surface area (Å²) in [7, 11) is 0. The number of fused-ring (bicyclic) bond motifs is 18. The van der Waals surface area contributed by atoms with Crippen molar-refractivity contribution in [3.8, 4) is 11.4 Å². The largest absolute Gasteiger partial charge is 0.309 e. The van der Waals surface area contributed by atoms with Crippen LogP contribution in [0.2, 0.25) is 0 Å². The number of thiophene rings is 1. The van der Waals surface area contributed by atoms with Gasteiger partial charge in [0.05, 0.1) is 26.8 Å². The van der Waals surface area contributed by atoms with E-state index in [0.717, 1.165) is 0 Å². The summed E-state index contributed by atoms with van der Waals surface area (Å²) in [6.45, 7) is 0. The molecule has 0 bridgehead atoms. The molecule has 0 saturated carbocycles. The maximum absolute atomic E-state index is 2.56. The normalized spacial score (nSPS) is 12.3. The minimum Gasteiger partial charge on any atom is -0.309 e. The van der Waals surface area contributed by atoms with Gasteiger partial charge in [-0.2, -0.15) is 0 Å². The van der Waals surface area contributed by atoms with Gasteiger partial charge in [0.25, 0.3) is 0 Å². The van der Waals surface area contributed by atoms with E-state index in [1.165, 1.54) is 107 Å². The van der Waals surface area contributed by atoms with Crippen LogP contribution in [0.5, 0.6) is 0 Å². The number of benzene rings is 9. The molecule has 12 aromatic rings. The van der Waals surface area contributed by atoms with Gasteiger partial charge in [0.2, 0.25) is 0 Å². The number of nitrogens with zero attached hydrogens (tertiary/aromatic N) is 2. The number of aromatic nitrogens is 2. The third-order valence-corrected chi connectivity index (χ3v) is 12.2. The van der Waals surface area contributed by atoms with Crippen molar-refractivity contribution in [1.29, 1.82) is 0 Å². The molecule has 9 aromatic carbocycles. The monoisotopic (exact) mass is 664 g/mol. The highest BCUT2D eigenvalue weighted by Crippen LogP contribution is 2.51. The summed E-state index contributed by atoms with van der Waals surface area (Å²) in [4.78, 5) is 0.